The highest BCUT2D eigenvalue weighted by atomic mass is 19.4. The minimum atomic E-state index is -4.50. The molecule has 3 aliphatic rings. The number of hydrogen-bond acceptors (Lipinski definition) is 7. The Labute approximate surface area is 229 Å². The van der Waals surface area contributed by atoms with Crippen molar-refractivity contribution in [1.29, 1.82) is 0 Å². The molecule has 1 saturated heterocycles. The number of alkyl halides is 3. The number of ether oxygens (including phenoxy) is 2. The van der Waals surface area contributed by atoms with Gasteiger partial charge >= 0.3 is 6.18 Å². The molecule has 1 saturated carbocycles. The lowest BCUT2D eigenvalue weighted by atomic mass is 9.80. The van der Waals surface area contributed by atoms with Crippen LogP contribution in [0.5, 0.6) is 11.5 Å². The SMILES string of the molecule is O=C(CNc1nn(CCO)c2ccc(C(F)(F)F)cc12)NC1CN(C2CCC(c3ccc4c(c3)OCO4)CC2)C1. The number of anilines is 1. The summed E-state index contributed by atoms with van der Waals surface area (Å²) in [6, 6.07) is 10.1. The minimum Gasteiger partial charge on any atom is -0.454 e. The van der Waals surface area contributed by atoms with Gasteiger partial charge in [0, 0.05) is 24.5 Å². The number of aromatic nitrogens is 2. The molecule has 2 aliphatic heterocycles. The predicted octanol–water partition coefficient (Wildman–Crippen LogP) is 3.71. The number of aliphatic hydroxyl groups is 1. The molecule has 40 heavy (non-hydrogen) atoms. The molecule has 0 atom stereocenters. The Balaban J connectivity index is 0.978. The Morgan fingerprint density at radius 3 is 2.58 bits per heavy atom. The predicted molar refractivity (Wildman–Crippen MR) is 141 cm³/mol. The van der Waals surface area contributed by atoms with Crippen LogP contribution in [0.15, 0.2) is 36.4 Å². The van der Waals surface area contributed by atoms with Crippen LogP contribution in [-0.2, 0) is 17.5 Å². The number of fused-ring (bicyclic) bond motifs is 2. The molecular weight excluding hydrogens is 527 g/mol. The van der Waals surface area contributed by atoms with Gasteiger partial charge in [-0.1, -0.05) is 6.07 Å². The second kappa shape index (κ2) is 10.8. The van der Waals surface area contributed by atoms with E-state index in [0.29, 0.717) is 17.5 Å². The molecular formula is C28H32F3N5O4. The van der Waals surface area contributed by atoms with Gasteiger partial charge in [-0.05, 0) is 67.5 Å². The summed E-state index contributed by atoms with van der Waals surface area (Å²) in [6.07, 6.45) is -0.0811. The van der Waals surface area contributed by atoms with Crippen molar-refractivity contribution in [3.05, 3.63) is 47.5 Å². The maximum atomic E-state index is 13.2. The first-order valence-corrected chi connectivity index (χ1v) is 13.6. The van der Waals surface area contributed by atoms with Crippen LogP contribution in [0.4, 0.5) is 19.0 Å². The first-order valence-electron chi connectivity index (χ1n) is 13.6. The van der Waals surface area contributed by atoms with Crippen LogP contribution in [0, 0.1) is 0 Å². The van der Waals surface area contributed by atoms with Gasteiger partial charge in [-0.3, -0.25) is 14.4 Å². The largest absolute Gasteiger partial charge is 0.454 e. The topological polar surface area (TPSA) is 101 Å². The van der Waals surface area contributed by atoms with Gasteiger partial charge in [-0.15, -0.1) is 0 Å². The van der Waals surface area contributed by atoms with Gasteiger partial charge in [0.05, 0.1) is 36.8 Å². The van der Waals surface area contributed by atoms with Crippen molar-refractivity contribution < 1.29 is 32.5 Å². The summed E-state index contributed by atoms with van der Waals surface area (Å²) in [7, 11) is 0. The fourth-order valence-electron chi connectivity index (χ4n) is 6.04. The van der Waals surface area contributed by atoms with Crippen molar-refractivity contribution in [1.82, 2.24) is 20.0 Å². The zero-order valence-electron chi connectivity index (χ0n) is 21.9. The molecule has 0 radical (unpaired) electrons. The van der Waals surface area contributed by atoms with Gasteiger partial charge in [-0.2, -0.15) is 18.3 Å². The van der Waals surface area contributed by atoms with Gasteiger partial charge in [0.15, 0.2) is 17.3 Å². The molecule has 3 heterocycles. The summed E-state index contributed by atoms with van der Waals surface area (Å²) < 4.78 is 52.1. The van der Waals surface area contributed by atoms with Crippen LogP contribution in [0.1, 0.15) is 42.7 Å². The molecule has 1 amide bonds. The Bertz CT molecular complexity index is 1380. The van der Waals surface area contributed by atoms with Gasteiger partial charge < -0.3 is 25.2 Å². The number of likely N-dealkylation sites (tertiary alicyclic amines) is 1. The van der Waals surface area contributed by atoms with Crippen molar-refractivity contribution in [3.8, 4) is 11.5 Å². The fourth-order valence-corrected chi connectivity index (χ4v) is 6.04. The Hall–Kier alpha value is -3.51. The number of amides is 1. The number of carbonyl (C=O) groups is 1. The van der Waals surface area contributed by atoms with Crippen molar-refractivity contribution in [2.45, 2.75) is 56.4 Å². The molecule has 9 nitrogen and oxygen atoms in total. The summed E-state index contributed by atoms with van der Waals surface area (Å²) in [4.78, 5) is 15.0. The van der Waals surface area contributed by atoms with Gasteiger partial charge in [0.2, 0.25) is 12.7 Å². The molecule has 2 fully saturated rings. The lowest BCUT2D eigenvalue weighted by Crippen LogP contribution is -2.63. The lowest BCUT2D eigenvalue weighted by Gasteiger charge is -2.46. The Morgan fingerprint density at radius 1 is 1.05 bits per heavy atom. The number of rotatable bonds is 8. The van der Waals surface area contributed by atoms with E-state index in [1.165, 1.54) is 16.3 Å². The standard InChI is InChI=1S/C28H32F3N5O4/c29-28(30,31)19-4-7-23-22(12-19)27(34-36(23)9-10-37)32-13-26(38)33-20-14-35(15-20)21-5-1-17(2-6-21)18-3-8-24-25(11-18)40-16-39-24/h3-4,7-8,11-12,17,20-21,37H,1-2,5-6,9-10,13-16H2,(H,32,34)(H,33,38). The zero-order valence-corrected chi connectivity index (χ0v) is 21.9. The Morgan fingerprint density at radius 2 is 1.82 bits per heavy atom. The number of carbonyl (C=O) groups excluding carboxylic acids is 1. The average Bonchev–Trinajstić information content (AvgIpc) is 3.53. The van der Waals surface area contributed by atoms with Crippen LogP contribution < -0.4 is 20.1 Å². The molecule has 0 bridgehead atoms. The number of nitrogens with one attached hydrogen (secondary N) is 2. The molecule has 1 aromatic heterocycles. The highest BCUT2D eigenvalue weighted by Gasteiger charge is 2.36. The number of hydrogen-bond donors (Lipinski definition) is 3. The maximum absolute atomic E-state index is 13.2. The van der Waals surface area contributed by atoms with Crippen molar-refractivity contribution in [2.75, 3.05) is 38.4 Å². The smallest absolute Gasteiger partial charge is 0.416 e. The highest BCUT2D eigenvalue weighted by molar-refractivity contribution is 5.92. The van der Waals surface area contributed by atoms with E-state index >= 15 is 0 Å². The van der Waals surface area contributed by atoms with Crippen LogP contribution in [0.2, 0.25) is 0 Å². The van der Waals surface area contributed by atoms with Crippen LogP contribution in [0.3, 0.4) is 0 Å². The first kappa shape index (κ1) is 26.7. The highest BCUT2D eigenvalue weighted by Crippen LogP contribution is 2.40. The van der Waals surface area contributed by atoms with Crippen LogP contribution >= 0.6 is 0 Å². The summed E-state index contributed by atoms with van der Waals surface area (Å²) in [5, 5.41) is 19.7. The van der Waals surface area contributed by atoms with E-state index in [1.807, 2.05) is 6.07 Å². The molecule has 0 spiro atoms. The summed E-state index contributed by atoms with van der Waals surface area (Å²) in [5.41, 5.74) is 0.955. The number of aliphatic hydroxyl groups excluding tert-OH is 1. The second-order valence-corrected chi connectivity index (χ2v) is 10.7. The van der Waals surface area contributed by atoms with Gasteiger partial charge in [-0.25, -0.2) is 0 Å². The molecule has 6 rings (SSSR count). The molecule has 0 unspecified atom stereocenters. The number of benzene rings is 2. The lowest BCUT2D eigenvalue weighted by molar-refractivity contribution is -0.137. The molecule has 3 aromatic rings. The molecule has 12 heteroatoms. The third-order valence-electron chi connectivity index (χ3n) is 8.16. The molecule has 2 aromatic carbocycles. The maximum Gasteiger partial charge on any atom is 0.416 e. The summed E-state index contributed by atoms with van der Waals surface area (Å²) >= 11 is 0. The first-order chi connectivity index (χ1) is 19.3. The Kier molecular flexibility index (Phi) is 7.22. The van der Waals surface area contributed by atoms with E-state index in [9.17, 15) is 23.1 Å². The van der Waals surface area contributed by atoms with E-state index in [4.69, 9.17) is 9.47 Å². The van der Waals surface area contributed by atoms with E-state index in [0.717, 1.165) is 62.4 Å². The average molecular weight is 560 g/mol. The minimum absolute atomic E-state index is 0.0430. The third-order valence-corrected chi connectivity index (χ3v) is 8.16. The van der Waals surface area contributed by atoms with Crippen molar-refractivity contribution in [2.24, 2.45) is 0 Å². The summed E-state index contributed by atoms with van der Waals surface area (Å²) in [6.45, 7) is 1.66. The normalized spacial score (nSPS) is 21.4. The van der Waals surface area contributed by atoms with Crippen LogP contribution in [-0.4, -0.2) is 70.8 Å². The zero-order chi connectivity index (χ0) is 27.9. The van der Waals surface area contributed by atoms with E-state index in [1.54, 1.807) is 0 Å². The van der Waals surface area contributed by atoms with Gasteiger partial charge in [0.1, 0.15) is 0 Å². The van der Waals surface area contributed by atoms with E-state index in [2.05, 4.69) is 32.8 Å². The third kappa shape index (κ3) is 5.42. The van der Waals surface area contributed by atoms with E-state index < -0.39 is 11.7 Å². The number of halogens is 3. The van der Waals surface area contributed by atoms with Crippen LogP contribution in [0.25, 0.3) is 10.9 Å². The van der Waals surface area contributed by atoms with Crippen molar-refractivity contribution in [3.63, 3.8) is 0 Å². The second-order valence-electron chi connectivity index (χ2n) is 10.7. The molecule has 3 N–H and O–H groups in total. The van der Waals surface area contributed by atoms with Crippen molar-refractivity contribution >= 4 is 22.6 Å². The fraction of sp³-hybridized carbons (Fsp3) is 0.500. The molecule has 1 aliphatic carbocycles. The van der Waals surface area contributed by atoms with Gasteiger partial charge in [0.25, 0.3) is 0 Å². The molecule has 214 valence electrons. The summed E-state index contributed by atoms with van der Waals surface area (Å²) in [5.74, 6) is 2.08. The quantitative estimate of drug-likeness (QED) is 0.387. The number of nitrogens with zero attached hydrogens (tertiary/aromatic N) is 3. The van der Waals surface area contributed by atoms with E-state index in [-0.39, 0.29) is 49.6 Å². The monoisotopic (exact) mass is 559 g/mol.